The van der Waals surface area contributed by atoms with Crippen LogP contribution in [0.4, 0.5) is 11.6 Å². The Morgan fingerprint density at radius 1 is 1.32 bits per heavy atom. The maximum atomic E-state index is 6.01. The lowest BCUT2D eigenvalue weighted by molar-refractivity contribution is -0.114. The molecule has 0 unspecified atom stereocenters. The summed E-state index contributed by atoms with van der Waals surface area (Å²) in [6.07, 6.45) is 8.03. The molecule has 7 heteroatoms. The number of aromatic nitrogens is 4. The Labute approximate surface area is 148 Å². The molecule has 0 radical (unpaired) electrons. The molecular formula is C18H26N6O. The van der Waals surface area contributed by atoms with E-state index in [1.54, 1.807) is 11.0 Å². The van der Waals surface area contributed by atoms with Crippen LogP contribution < -0.4 is 11.1 Å². The molecule has 1 spiro atoms. The standard InChI is InChI=1S/C18H26N6O/c1-3-25-14-9-13(18(14)6-4-5-7-18)22-16-10-17(21-11-20-16)24-15(19)8-12(2)23-24/h8,10-11,13-14H,3-7,9,19H2,1-2H3,(H,20,21,22)/t13-,14+/m1/s1. The lowest BCUT2D eigenvalue weighted by Crippen LogP contribution is -2.60. The van der Waals surface area contributed by atoms with E-state index in [1.165, 1.54) is 25.7 Å². The molecule has 2 aliphatic carbocycles. The van der Waals surface area contributed by atoms with E-state index >= 15 is 0 Å². The summed E-state index contributed by atoms with van der Waals surface area (Å²) in [6.45, 7) is 4.78. The van der Waals surface area contributed by atoms with Crippen LogP contribution in [0.15, 0.2) is 18.5 Å². The van der Waals surface area contributed by atoms with Gasteiger partial charge in [0.15, 0.2) is 5.82 Å². The number of nitrogens with one attached hydrogen (secondary N) is 1. The summed E-state index contributed by atoms with van der Waals surface area (Å²) in [5, 5.41) is 8.02. The summed E-state index contributed by atoms with van der Waals surface area (Å²) in [7, 11) is 0. The highest BCUT2D eigenvalue weighted by atomic mass is 16.5. The average Bonchev–Trinajstić information content (AvgIpc) is 3.23. The van der Waals surface area contributed by atoms with Crippen LogP contribution in [0.2, 0.25) is 0 Å². The third kappa shape index (κ3) is 2.76. The zero-order valence-corrected chi connectivity index (χ0v) is 14.9. The number of anilines is 2. The van der Waals surface area contributed by atoms with Crippen LogP contribution in [-0.2, 0) is 4.74 Å². The topological polar surface area (TPSA) is 90.9 Å². The lowest BCUT2D eigenvalue weighted by Gasteiger charge is -2.54. The summed E-state index contributed by atoms with van der Waals surface area (Å²) in [5.41, 5.74) is 7.15. The van der Waals surface area contributed by atoms with Gasteiger partial charge in [-0.25, -0.2) is 9.97 Å². The number of aryl methyl sites for hydroxylation is 1. The number of rotatable bonds is 5. The zero-order chi connectivity index (χ0) is 17.4. The molecule has 3 N–H and O–H groups in total. The molecule has 2 fully saturated rings. The van der Waals surface area contributed by atoms with E-state index < -0.39 is 0 Å². The third-order valence-electron chi connectivity index (χ3n) is 5.74. The molecule has 2 aliphatic rings. The smallest absolute Gasteiger partial charge is 0.161 e. The van der Waals surface area contributed by atoms with Crippen molar-refractivity contribution in [1.29, 1.82) is 0 Å². The maximum Gasteiger partial charge on any atom is 0.161 e. The number of hydrogen-bond donors (Lipinski definition) is 2. The van der Waals surface area contributed by atoms with Gasteiger partial charge < -0.3 is 15.8 Å². The van der Waals surface area contributed by atoms with Crippen LogP contribution in [0.3, 0.4) is 0 Å². The highest BCUT2D eigenvalue weighted by Crippen LogP contribution is 2.55. The van der Waals surface area contributed by atoms with Crippen molar-refractivity contribution in [3.05, 3.63) is 24.2 Å². The van der Waals surface area contributed by atoms with Crippen molar-refractivity contribution in [2.75, 3.05) is 17.7 Å². The van der Waals surface area contributed by atoms with Gasteiger partial charge in [0.05, 0.1) is 11.8 Å². The summed E-state index contributed by atoms with van der Waals surface area (Å²) >= 11 is 0. The van der Waals surface area contributed by atoms with E-state index in [-0.39, 0.29) is 5.41 Å². The van der Waals surface area contributed by atoms with Crippen molar-refractivity contribution in [1.82, 2.24) is 19.7 Å². The van der Waals surface area contributed by atoms with E-state index in [0.29, 0.717) is 23.8 Å². The van der Waals surface area contributed by atoms with E-state index in [9.17, 15) is 0 Å². The SMILES string of the molecule is CCO[C@H]1C[C@@H](Nc2cc(-n3nc(C)cc3N)ncn2)C12CCCC2. The van der Waals surface area contributed by atoms with Crippen molar-refractivity contribution in [3.8, 4) is 5.82 Å². The van der Waals surface area contributed by atoms with Gasteiger partial charge in [0.1, 0.15) is 18.0 Å². The summed E-state index contributed by atoms with van der Waals surface area (Å²) < 4.78 is 7.64. The van der Waals surface area contributed by atoms with Gasteiger partial charge in [-0.1, -0.05) is 12.8 Å². The van der Waals surface area contributed by atoms with Crippen LogP contribution in [0.5, 0.6) is 0 Å². The maximum absolute atomic E-state index is 6.01. The lowest BCUT2D eigenvalue weighted by atomic mass is 9.60. The second-order valence-electron chi connectivity index (χ2n) is 7.20. The highest BCUT2D eigenvalue weighted by molar-refractivity contribution is 5.46. The first-order valence-corrected chi connectivity index (χ1v) is 9.15. The van der Waals surface area contributed by atoms with Gasteiger partial charge in [-0.3, -0.25) is 0 Å². The van der Waals surface area contributed by atoms with Crippen molar-refractivity contribution >= 4 is 11.6 Å². The van der Waals surface area contributed by atoms with Crippen molar-refractivity contribution < 1.29 is 4.74 Å². The van der Waals surface area contributed by atoms with Crippen LogP contribution >= 0.6 is 0 Å². The van der Waals surface area contributed by atoms with Crippen molar-refractivity contribution in [2.24, 2.45) is 5.41 Å². The van der Waals surface area contributed by atoms with Gasteiger partial charge >= 0.3 is 0 Å². The van der Waals surface area contributed by atoms with Gasteiger partial charge in [-0.2, -0.15) is 9.78 Å². The molecule has 2 aromatic rings. The van der Waals surface area contributed by atoms with Gasteiger partial charge in [-0.15, -0.1) is 0 Å². The summed E-state index contributed by atoms with van der Waals surface area (Å²) in [5.74, 6) is 2.09. The number of nitrogens with zero attached hydrogens (tertiary/aromatic N) is 4. The Morgan fingerprint density at radius 2 is 2.12 bits per heavy atom. The van der Waals surface area contributed by atoms with E-state index in [1.807, 2.05) is 19.1 Å². The van der Waals surface area contributed by atoms with E-state index in [4.69, 9.17) is 10.5 Å². The van der Waals surface area contributed by atoms with Gasteiger partial charge in [0.25, 0.3) is 0 Å². The molecule has 7 nitrogen and oxygen atoms in total. The minimum atomic E-state index is 0.266. The molecule has 0 amide bonds. The molecular weight excluding hydrogens is 316 g/mol. The van der Waals surface area contributed by atoms with Crippen LogP contribution in [-0.4, -0.2) is 38.5 Å². The quantitative estimate of drug-likeness (QED) is 0.868. The first-order valence-electron chi connectivity index (χ1n) is 9.15. The molecule has 0 bridgehead atoms. The molecule has 2 saturated carbocycles. The fourth-order valence-electron chi connectivity index (χ4n) is 4.51. The van der Waals surface area contributed by atoms with Crippen LogP contribution in [0.1, 0.15) is 44.7 Å². The van der Waals surface area contributed by atoms with Crippen LogP contribution in [0.25, 0.3) is 5.82 Å². The van der Waals surface area contributed by atoms with Gasteiger partial charge in [0, 0.05) is 30.2 Å². The Morgan fingerprint density at radius 3 is 2.80 bits per heavy atom. The minimum absolute atomic E-state index is 0.266. The molecule has 2 aromatic heterocycles. The van der Waals surface area contributed by atoms with E-state index in [2.05, 4.69) is 27.3 Å². The first kappa shape index (κ1) is 16.3. The number of ether oxygens (including phenoxy) is 1. The molecule has 4 rings (SSSR count). The second kappa shape index (κ2) is 6.29. The predicted molar refractivity (Wildman–Crippen MR) is 96.6 cm³/mol. The zero-order valence-electron chi connectivity index (χ0n) is 14.9. The van der Waals surface area contributed by atoms with Gasteiger partial charge in [-0.05, 0) is 33.1 Å². The first-order chi connectivity index (χ1) is 12.1. The summed E-state index contributed by atoms with van der Waals surface area (Å²) in [6, 6.07) is 4.16. The molecule has 2 atom stereocenters. The molecule has 0 aromatic carbocycles. The van der Waals surface area contributed by atoms with E-state index in [0.717, 1.165) is 24.5 Å². The monoisotopic (exact) mass is 342 g/mol. The number of hydrogen-bond acceptors (Lipinski definition) is 6. The fourth-order valence-corrected chi connectivity index (χ4v) is 4.51. The molecule has 0 saturated heterocycles. The predicted octanol–water partition coefficient (Wildman–Crippen LogP) is 2.70. The Balaban J connectivity index is 1.54. The largest absolute Gasteiger partial charge is 0.384 e. The normalized spacial score (nSPS) is 24.4. The third-order valence-corrected chi connectivity index (χ3v) is 5.74. The van der Waals surface area contributed by atoms with Gasteiger partial charge in [0.2, 0.25) is 0 Å². The minimum Gasteiger partial charge on any atom is -0.384 e. The number of nitrogens with two attached hydrogens (primary N) is 1. The molecule has 25 heavy (non-hydrogen) atoms. The Kier molecular flexibility index (Phi) is 4.11. The highest BCUT2D eigenvalue weighted by Gasteiger charge is 2.56. The van der Waals surface area contributed by atoms with Crippen molar-refractivity contribution in [2.45, 2.75) is 58.1 Å². The fraction of sp³-hybridized carbons (Fsp3) is 0.611. The Bertz CT molecular complexity index is 752. The molecule has 134 valence electrons. The van der Waals surface area contributed by atoms with Crippen molar-refractivity contribution in [3.63, 3.8) is 0 Å². The average molecular weight is 342 g/mol. The molecule has 0 aliphatic heterocycles. The Hall–Kier alpha value is -2.15. The number of nitrogen functional groups attached to an aromatic ring is 1. The second-order valence-corrected chi connectivity index (χ2v) is 7.20. The van der Waals surface area contributed by atoms with Crippen LogP contribution in [0, 0.1) is 12.3 Å². The summed E-state index contributed by atoms with van der Waals surface area (Å²) in [4.78, 5) is 8.72. The molecule has 2 heterocycles.